The summed E-state index contributed by atoms with van der Waals surface area (Å²) >= 11 is 0. The first-order valence-corrected chi connectivity index (χ1v) is 6.61. The van der Waals surface area contributed by atoms with Crippen LogP contribution in [0.3, 0.4) is 0 Å². The number of nitrogens with zero attached hydrogens (tertiary/aromatic N) is 3. The number of phenols is 1. The molecule has 0 spiro atoms. The van der Waals surface area contributed by atoms with E-state index in [0.717, 1.165) is 5.56 Å². The Hall–Kier alpha value is -3.15. The van der Waals surface area contributed by atoms with Crippen molar-refractivity contribution in [1.82, 2.24) is 14.8 Å². The van der Waals surface area contributed by atoms with E-state index in [9.17, 15) is 15.0 Å². The summed E-state index contributed by atoms with van der Waals surface area (Å²) in [5.41, 5.74) is 2.43. The van der Waals surface area contributed by atoms with Crippen LogP contribution in [0.15, 0.2) is 48.7 Å². The van der Waals surface area contributed by atoms with E-state index in [0.29, 0.717) is 17.1 Å². The number of pyridine rings is 1. The molecule has 0 saturated heterocycles. The quantitative estimate of drug-likeness (QED) is 0.775. The number of aromatic carboxylic acids is 1. The maximum atomic E-state index is 11.5. The van der Waals surface area contributed by atoms with Crippen LogP contribution in [0.4, 0.5) is 0 Å². The van der Waals surface area contributed by atoms with Crippen LogP contribution in [-0.4, -0.2) is 30.9 Å². The maximum Gasteiger partial charge on any atom is 0.354 e. The molecule has 0 aliphatic rings. The van der Waals surface area contributed by atoms with Gasteiger partial charge in [0.05, 0.1) is 11.4 Å². The van der Waals surface area contributed by atoms with Crippen LogP contribution >= 0.6 is 0 Å². The normalized spacial score (nSPS) is 10.6. The summed E-state index contributed by atoms with van der Waals surface area (Å²) in [6.07, 6.45) is 1.63. The Balaban J connectivity index is 2.18. The van der Waals surface area contributed by atoms with Gasteiger partial charge in [0.25, 0.3) is 0 Å². The average molecular weight is 295 g/mol. The predicted molar refractivity (Wildman–Crippen MR) is 80.2 cm³/mol. The van der Waals surface area contributed by atoms with E-state index in [1.165, 1.54) is 16.8 Å². The number of carboxylic acids is 1. The summed E-state index contributed by atoms with van der Waals surface area (Å²) in [7, 11) is 0. The molecule has 0 bridgehead atoms. The number of benzene rings is 1. The van der Waals surface area contributed by atoms with Crippen molar-refractivity contribution < 1.29 is 15.0 Å². The van der Waals surface area contributed by atoms with Crippen molar-refractivity contribution in [3.63, 3.8) is 0 Å². The van der Waals surface area contributed by atoms with E-state index >= 15 is 0 Å². The molecule has 6 nitrogen and oxygen atoms in total. The molecule has 0 unspecified atom stereocenters. The van der Waals surface area contributed by atoms with Crippen LogP contribution < -0.4 is 0 Å². The van der Waals surface area contributed by atoms with Gasteiger partial charge in [0.15, 0.2) is 5.69 Å². The zero-order valence-corrected chi connectivity index (χ0v) is 11.8. The van der Waals surface area contributed by atoms with Crippen molar-refractivity contribution in [2.75, 3.05) is 0 Å². The maximum absolute atomic E-state index is 11.5. The summed E-state index contributed by atoms with van der Waals surface area (Å²) in [5, 5.41) is 23.2. The summed E-state index contributed by atoms with van der Waals surface area (Å²) in [4.78, 5) is 15.7. The molecular formula is C16H13N3O3. The minimum atomic E-state index is -1.08. The summed E-state index contributed by atoms with van der Waals surface area (Å²) < 4.78 is 1.35. The zero-order valence-electron chi connectivity index (χ0n) is 11.8. The Morgan fingerprint density at radius 2 is 1.95 bits per heavy atom. The monoisotopic (exact) mass is 295 g/mol. The Bertz CT molecular complexity index is 841. The van der Waals surface area contributed by atoms with E-state index < -0.39 is 5.97 Å². The number of aromatic hydroxyl groups is 1. The summed E-state index contributed by atoms with van der Waals surface area (Å²) in [6, 6.07) is 11.5. The smallest absolute Gasteiger partial charge is 0.354 e. The molecule has 22 heavy (non-hydrogen) atoms. The van der Waals surface area contributed by atoms with Crippen LogP contribution in [0.1, 0.15) is 16.1 Å². The molecule has 0 aliphatic heterocycles. The molecular weight excluding hydrogens is 282 g/mol. The molecule has 110 valence electrons. The van der Waals surface area contributed by atoms with Gasteiger partial charge in [0.2, 0.25) is 0 Å². The highest BCUT2D eigenvalue weighted by Crippen LogP contribution is 2.24. The molecule has 3 aromatic rings. The molecule has 2 aromatic heterocycles. The second-order valence-corrected chi connectivity index (χ2v) is 4.82. The lowest BCUT2D eigenvalue weighted by Crippen LogP contribution is -2.09. The van der Waals surface area contributed by atoms with Crippen LogP contribution in [-0.2, 0) is 0 Å². The SMILES string of the molecule is Cc1cc(O)ccc1-n1nc(-c2ccccn2)cc1C(=O)O. The van der Waals surface area contributed by atoms with Gasteiger partial charge in [-0.2, -0.15) is 5.10 Å². The van der Waals surface area contributed by atoms with Crippen LogP contribution in [0.2, 0.25) is 0 Å². The number of hydrogen-bond donors (Lipinski definition) is 2. The fourth-order valence-electron chi connectivity index (χ4n) is 2.23. The average Bonchev–Trinajstić information content (AvgIpc) is 2.93. The van der Waals surface area contributed by atoms with Crippen molar-refractivity contribution >= 4 is 5.97 Å². The highest BCUT2D eigenvalue weighted by atomic mass is 16.4. The van der Waals surface area contributed by atoms with E-state index in [2.05, 4.69) is 10.1 Å². The third kappa shape index (κ3) is 2.42. The van der Waals surface area contributed by atoms with Crippen LogP contribution in [0.25, 0.3) is 17.1 Å². The molecule has 0 amide bonds. The molecule has 2 N–H and O–H groups in total. The zero-order chi connectivity index (χ0) is 15.7. The van der Waals surface area contributed by atoms with Gasteiger partial charge in [-0.3, -0.25) is 4.98 Å². The van der Waals surface area contributed by atoms with Gasteiger partial charge in [-0.15, -0.1) is 0 Å². The van der Waals surface area contributed by atoms with E-state index in [-0.39, 0.29) is 11.4 Å². The summed E-state index contributed by atoms with van der Waals surface area (Å²) in [5.74, 6) is -0.961. The second-order valence-electron chi connectivity index (χ2n) is 4.82. The largest absolute Gasteiger partial charge is 0.508 e. The highest BCUT2D eigenvalue weighted by molar-refractivity contribution is 5.88. The van der Waals surface area contributed by atoms with Gasteiger partial charge in [-0.25, -0.2) is 9.48 Å². The van der Waals surface area contributed by atoms with Gasteiger partial charge in [0, 0.05) is 12.3 Å². The lowest BCUT2D eigenvalue weighted by Gasteiger charge is -2.08. The molecule has 0 radical (unpaired) electrons. The molecule has 3 rings (SSSR count). The Labute approximate surface area is 126 Å². The van der Waals surface area contributed by atoms with Crippen molar-refractivity contribution in [2.24, 2.45) is 0 Å². The fourth-order valence-corrected chi connectivity index (χ4v) is 2.23. The number of carboxylic acid groups (broad SMARTS) is 1. The molecule has 0 saturated carbocycles. The lowest BCUT2D eigenvalue weighted by atomic mass is 10.2. The third-order valence-corrected chi connectivity index (χ3v) is 3.26. The predicted octanol–water partition coefficient (Wildman–Crippen LogP) is 2.65. The second kappa shape index (κ2) is 5.33. The van der Waals surface area contributed by atoms with E-state index in [1.807, 2.05) is 6.07 Å². The summed E-state index contributed by atoms with van der Waals surface area (Å²) in [6.45, 7) is 1.78. The molecule has 2 heterocycles. The van der Waals surface area contributed by atoms with Crippen LogP contribution in [0.5, 0.6) is 5.75 Å². The Kier molecular flexibility index (Phi) is 3.34. The number of carbonyl (C=O) groups is 1. The van der Waals surface area contributed by atoms with Gasteiger partial charge >= 0.3 is 5.97 Å². The van der Waals surface area contributed by atoms with Gasteiger partial charge in [0.1, 0.15) is 11.4 Å². The number of aromatic nitrogens is 3. The molecule has 0 atom stereocenters. The van der Waals surface area contributed by atoms with Crippen molar-refractivity contribution in [1.29, 1.82) is 0 Å². The first-order chi connectivity index (χ1) is 10.6. The molecule has 0 aliphatic carbocycles. The van der Waals surface area contributed by atoms with Crippen molar-refractivity contribution in [3.05, 3.63) is 59.9 Å². The third-order valence-electron chi connectivity index (χ3n) is 3.26. The number of hydrogen-bond acceptors (Lipinski definition) is 4. The first-order valence-electron chi connectivity index (χ1n) is 6.61. The molecule has 0 fully saturated rings. The number of rotatable bonds is 3. The Morgan fingerprint density at radius 3 is 2.59 bits per heavy atom. The topological polar surface area (TPSA) is 88.2 Å². The van der Waals surface area contributed by atoms with Crippen LogP contribution in [0, 0.1) is 6.92 Å². The Morgan fingerprint density at radius 1 is 1.14 bits per heavy atom. The van der Waals surface area contributed by atoms with Crippen molar-refractivity contribution in [3.8, 4) is 22.8 Å². The van der Waals surface area contributed by atoms with E-state index in [1.54, 1.807) is 37.4 Å². The minimum absolute atomic E-state index is 0.0365. The number of phenolic OH excluding ortho intramolecular Hbond substituents is 1. The van der Waals surface area contributed by atoms with Gasteiger partial charge in [-0.05, 0) is 42.8 Å². The highest BCUT2D eigenvalue weighted by Gasteiger charge is 2.18. The standard InChI is InChI=1S/C16H13N3O3/c1-10-8-11(20)5-6-14(10)19-15(16(21)22)9-13(18-19)12-4-2-3-7-17-12/h2-9,20H,1H3,(H,21,22). The van der Waals surface area contributed by atoms with Gasteiger partial charge in [-0.1, -0.05) is 6.07 Å². The lowest BCUT2D eigenvalue weighted by molar-refractivity contribution is 0.0687. The fraction of sp³-hybridized carbons (Fsp3) is 0.0625. The number of aryl methyl sites for hydroxylation is 1. The molecule has 1 aromatic carbocycles. The van der Waals surface area contributed by atoms with E-state index in [4.69, 9.17) is 0 Å². The van der Waals surface area contributed by atoms with Gasteiger partial charge < -0.3 is 10.2 Å². The molecule has 6 heteroatoms. The minimum Gasteiger partial charge on any atom is -0.508 e. The first kappa shape index (κ1) is 13.8. The van der Waals surface area contributed by atoms with Crippen molar-refractivity contribution in [2.45, 2.75) is 6.92 Å².